The number of nitriles is 2. The minimum Gasteiger partial charge on any atom is -0.337 e. The van der Waals surface area contributed by atoms with E-state index in [1.54, 1.807) is 0 Å². The van der Waals surface area contributed by atoms with Gasteiger partial charge in [-0.3, -0.25) is 14.9 Å². The molecule has 0 heterocycles. The summed E-state index contributed by atoms with van der Waals surface area (Å²) in [6.45, 7) is 0.320. The van der Waals surface area contributed by atoms with Gasteiger partial charge in [-0.2, -0.15) is 10.5 Å². The summed E-state index contributed by atoms with van der Waals surface area (Å²) in [4.78, 5) is 23.8. The summed E-state index contributed by atoms with van der Waals surface area (Å²) in [5.74, 6) is -0.472. The van der Waals surface area contributed by atoms with Gasteiger partial charge in [0, 0.05) is 24.7 Å². The summed E-state index contributed by atoms with van der Waals surface area (Å²) in [5.41, 5.74) is -0.259. The molecule has 1 aromatic carbocycles. The number of carbonyl (C=O) groups excluding carboxylic acids is 1. The van der Waals surface area contributed by atoms with E-state index in [-0.39, 0.29) is 42.2 Å². The molecule has 0 aromatic heterocycles. The molecule has 0 saturated heterocycles. The Morgan fingerprint density at radius 2 is 1.86 bits per heavy atom. The van der Waals surface area contributed by atoms with Crippen molar-refractivity contribution in [3.05, 3.63) is 38.9 Å². The van der Waals surface area contributed by atoms with E-state index >= 15 is 0 Å². The molecule has 0 N–H and O–H groups in total. The average Bonchev–Trinajstić information content (AvgIpc) is 2.47. The van der Waals surface area contributed by atoms with Crippen LogP contribution < -0.4 is 0 Å². The second-order valence-corrected chi connectivity index (χ2v) is 4.44. The van der Waals surface area contributed by atoms with Crippen molar-refractivity contribution in [2.75, 3.05) is 13.1 Å². The quantitative estimate of drug-likeness (QED) is 0.592. The standard InChI is InChI=1S/C13H11ClN4O3/c14-11-4-3-10(9-12(11)18(20)21)13(19)17(7-1-5-15)8-2-6-16/h3-4,9H,1-2,7-8H2. The fraction of sp³-hybridized carbons (Fsp3) is 0.308. The van der Waals surface area contributed by atoms with Gasteiger partial charge in [0.1, 0.15) is 5.02 Å². The number of hydrogen-bond acceptors (Lipinski definition) is 5. The lowest BCUT2D eigenvalue weighted by Gasteiger charge is -2.20. The zero-order chi connectivity index (χ0) is 15.8. The zero-order valence-corrected chi connectivity index (χ0v) is 11.7. The van der Waals surface area contributed by atoms with Crippen LogP contribution in [-0.4, -0.2) is 28.8 Å². The topological polar surface area (TPSA) is 111 Å². The number of rotatable bonds is 6. The number of hydrogen-bond donors (Lipinski definition) is 0. The lowest BCUT2D eigenvalue weighted by atomic mass is 10.1. The molecule has 0 bridgehead atoms. The molecular formula is C13H11ClN4O3. The number of amides is 1. The molecule has 0 fully saturated rings. The van der Waals surface area contributed by atoms with E-state index in [1.807, 2.05) is 12.1 Å². The summed E-state index contributed by atoms with van der Waals surface area (Å²) in [5, 5.41) is 27.9. The van der Waals surface area contributed by atoms with Crippen molar-refractivity contribution in [1.29, 1.82) is 10.5 Å². The van der Waals surface area contributed by atoms with Gasteiger partial charge in [-0.05, 0) is 12.1 Å². The van der Waals surface area contributed by atoms with Crippen LogP contribution in [-0.2, 0) is 0 Å². The first kappa shape index (κ1) is 16.4. The molecule has 0 aliphatic carbocycles. The summed E-state index contributed by atoms with van der Waals surface area (Å²) < 4.78 is 0. The smallest absolute Gasteiger partial charge is 0.288 e. The van der Waals surface area contributed by atoms with Crippen molar-refractivity contribution < 1.29 is 9.72 Å². The minimum absolute atomic E-state index is 0.0582. The molecular weight excluding hydrogens is 296 g/mol. The molecule has 1 aromatic rings. The lowest BCUT2D eigenvalue weighted by Crippen LogP contribution is -2.32. The van der Waals surface area contributed by atoms with Gasteiger partial charge in [0.05, 0.1) is 29.9 Å². The molecule has 1 rings (SSSR count). The number of halogens is 1. The van der Waals surface area contributed by atoms with Crippen LogP contribution in [0, 0.1) is 32.8 Å². The van der Waals surface area contributed by atoms with E-state index in [4.69, 9.17) is 22.1 Å². The molecule has 0 radical (unpaired) electrons. The Kier molecular flexibility index (Phi) is 6.12. The number of nitrogens with zero attached hydrogens (tertiary/aromatic N) is 4. The van der Waals surface area contributed by atoms with Gasteiger partial charge < -0.3 is 4.90 Å². The Bertz CT molecular complexity index is 615. The second kappa shape index (κ2) is 7.83. The van der Waals surface area contributed by atoms with Crippen molar-refractivity contribution in [3.63, 3.8) is 0 Å². The molecule has 108 valence electrons. The number of benzene rings is 1. The molecule has 0 atom stereocenters. The first-order chi connectivity index (χ1) is 10.0. The average molecular weight is 307 g/mol. The van der Waals surface area contributed by atoms with Crippen LogP contribution in [0.5, 0.6) is 0 Å². The van der Waals surface area contributed by atoms with E-state index in [1.165, 1.54) is 17.0 Å². The van der Waals surface area contributed by atoms with Crippen molar-refractivity contribution in [3.8, 4) is 12.1 Å². The van der Waals surface area contributed by atoms with Gasteiger partial charge in [-0.25, -0.2) is 0 Å². The Morgan fingerprint density at radius 1 is 1.29 bits per heavy atom. The molecule has 0 aliphatic heterocycles. The molecule has 0 unspecified atom stereocenters. The molecule has 21 heavy (non-hydrogen) atoms. The summed E-state index contributed by atoms with van der Waals surface area (Å²) in [7, 11) is 0. The second-order valence-electron chi connectivity index (χ2n) is 4.03. The van der Waals surface area contributed by atoms with Gasteiger partial charge in [0.25, 0.3) is 11.6 Å². The van der Waals surface area contributed by atoms with Gasteiger partial charge in [0.15, 0.2) is 0 Å². The third kappa shape index (κ3) is 4.44. The Hall–Kier alpha value is -2.64. The van der Waals surface area contributed by atoms with Crippen molar-refractivity contribution in [2.45, 2.75) is 12.8 Å². The molecule has 8 heteroatoms. The lowest BCUT2D eigenvalue weighted by molar-refractivity contribution is -0.384. The normalized spacial score (nSPS) is 9.48. The molecule has 0 aliphatic rings. The minimum atomic E-state index is -0.673. The number of nitro benzene ring substituents is 1. The fourth-order valence-corrected chi connectivity index (χ4v) is 1.84. The van der Waals surface area contributed by atoms with Crippen molar-refractivity contribution in [1.82, 2.24) is 4.90 Å². The molecule has 0 spiro atoms. The van der Waals surface area contributed by atoms with Crippen molar-refractivity contribution >= 4 is 23.2 Å². The third-order valence-electron chi connectivity index (χ3n) is 2.66. The highest BCUT2D eigenvalue weighted by Gasteiger charge is 2.20. The summed E-state index contributed by atoms with van der Waals surface area (Å²) in [6, 6.07) is 7.58. The van der Waals surface area contributed by atoms with Crippen LogP contribution in [0.15, 0.2) is 18.2 Å². The van der Waals surface area contributed by atoms with Crippen LogP contribution in [0.4, 0.5) is 5.69 Å². The maximum absolute atomic E-state index is 12.3. The van der Waals surface area contributed by atoms with Gasteiger partial charge in [-0.15, -0.1) is 0 Å². The van der Waals surface area contributed by atoms with Crippen LogP contribution in [0.1, 0.15) is 23.2 Å². The predicted octanol–water partition coefficient (Wildman–Crippen LogP) is 2.52. The largest absolute Gasteiger partial charge is 0.337 e. The van der Waals surface area contributed by atoms with Crippen LogP contribution >= 0.6 is 11.6 Å². The summed E-state index contributed by atoms with van der Waals surface area (Å²) >= 11 is 5.69. The van der Waals surface area contributed by atoms with E-state index in [0.29, 0.717) is 0 Å². The SMILES string of the molecule is N#CCCN(CCC#N)C(=O)c1ccc(Cl)c([N+](=O)[O-])c1. The first-order valence-electron chi connectivity index (χ1n) is 5.98. The highest BCUT2D eigenvalue weighted by molar-refractivity contribution is 6.32. The van der Waals surface area contributed by atoms with Gasteiger partial charge in [0.2, 0.25) is 0 Å². The Labute approximate surface area is 126 Å². The van der Waals surface area contributed by atoms with E-state index in [9.17, 15) is 14.9 Å². The maximum Gasteiger partial charge on any atom is 0.288 e. The highest BCUT2D eigenvalue weighted by Crippen LogP contribution is 2.25. The Morgan fingerprint density at radius 3 is 2.33 bits per heavy atom. The van der Waals surface area contributed by atoms with Gasteiger partial charge >= 0.3 is 0 Å². The Balaban J connectivity index is 3.03. The highest BCUT2D eigenvalue weighted by atomic mass is 35.5. The summed E-state index contributed by atoms with van der Waals surface area (Å²) in [6.07, 6.45) is 0.236. The van der Waals surface area contributed by atoms with Crippen molar-refractivity contribution in [2.24, 2.45) is 0 Å². The van der Waals surface area contributed by atoms with E-state index < -0.39 is 10.8 Å². The number of carbonyl (C=O) groups is 1. The predicted molar refractivity (Wildman–Crippen MR) is 74.5 cm³/mol. The molecule has 1 amide bonds. The van der Waals surface area contributed by atoms with E-state index in [2.05, 4.69) is 0 Å². The fourth-order valence-electron chi connectivity index (χ4n) is 1.65. The maximum atomic E-state index is 12.3. The van der Waals surface area contributed by atoms with Crippen LogP contribution in [0.2, 0.25) is 5.02 Å². The van der Waals surface area contributed by atoms with Gasteiger partial charge in [-0.1, -0.05) is 11.6 Å². The zero-order valence-electron chi connectivity index (χ0n) is 11.0. The van der Waals surface area contributed by atoms with E-state index in [0.717, 1.165) is 6.07 Å². The monoisotopic (exact) mass is 306 g/mol. The molecule has 7 nitrogen and oxygen atoms in total. The van der Waals surface area contributed by atoms with Crippen LogP contribution in [0.25, 0.3) is 0 Å². The first-order valence-corrected chi connectivity index (χ1v) is 6.36. The van der Waals surface area contributed by atoms with Crippen LogP contribution in [0.3, 0.4) is 0 Å². The third-order valence-corrected chi connectivity index (χ3v) is 2.98. The molecule has 0 saturated carbocycles. The number of nitro groups is 1.